The number of thiazole rings is 1. The van der Waals surface area contributed by atoms with Gasteiger partial charge in [0.15, 0.2) is 0 Å². The number of hydrogen-bond donors (Lipinski definition) is 3. The van der Waals surface area contributed by atoms with Gasteiger partial charge in [0.25, 0.3) is 5.91 Å². The van der Waals surface area contributed by atoms with E-state index in [1.54, 1.807) is 18.2 Å². The van der Waals surface area contributed by atoms with Crippen LogP contribution in [0.1, 0.15) is 23.2 Å². The highest BCUT2D eigenvalue weighted by atomic mass is 35.5. The van der Waals surface area contributed by atoms with Gasteiger partial charge in [-0.3, -0.25) is 4.79 Å². The molecule has 12 heteroatoms. The minimum Gasteiger partial charge on any atom is -0.490 e. The number of nitrogens with zero attached hydrogens (tertiary/aromatic N) is 1. The summed E-state index contributed by atoms with van der Waals surface area (Å²) in [7, 11) is 0. The number of nitrogens with two attached hydrogens (primary N) is 2. The second kappa shape index (κ2) is 10.9. The molecule has 1 saturated heterocycles. The fraction of sp³-hybridized carbons (Fsp3) is 0.333. The summed E-state index contributed by atoms with van der Waals surface area (Å²) >= 11 is 7.25. The Bertz CT molecular complexity index is 1050. The van der Waals surface area contributed by atoms with E-state index in [2.05, 4.69) is 10.3 Å². The first kappa shape index (κ1) is 24.9. The third kappa shape index (κ3) is 7.37. The lowest BCUT2D eigenvalue weighted by atomic mass is 10.1. The van der Waals surface area contributed by atoms with Gasteiger partial charge in [-0.05, 0) is 30.4 Å². The van der Waals surface area contributed by atoms with Crippen molar-refractivity contribution in [1.29, 1.82) is 0 Å². The molecule has 1 fully saturated rings. The van der Waals surface area contributed by atoms with Crippen molar-refractivity contribution in [3.05, 3.63) is 57.8 Å². The van der Waals surface area contributed by atoms with E-state index < -0.39 is 17.8 Å². The van der Waals surface area contributed by atoms with E-state index in [0.717, 1.165) is 18.9 Å². The Kier molecular flexibility index (Phi) is 8.22. The molecule has 0 unspecified atom stereocenters. The number of allylic oxidation sites excluding steroid dienone is 3. The van der Waals surface area contributed by atoms with Gasteiger partial charge in [-0.2, -0.15) is 13.2 Å². The Morgan fingerprint density at radius 1 is 1.27 bits per heavy atom. The van der Waals surface area contributed by atoms with Crippen molar-refractivity contribution >= 4 is 28.8 Å². The number of rotatable bonds is 7. The normalized spacial score (nSPS) is 16.0. The van der Waals surface area contributed by atoms with Gasteiger partial charge in [0.05, 0.1) is 26.0 Å². The van der Waals surface area contributed by atoms with Gasteiger partial charge in [0.2, 0.25) is 0 Å². The van der Waals surface area contributed by atoms with Gasteiger partial charge < -0.3 is 26.3 Å². The number of amides is 1. The zero-order valence-electron chi connectivity index (χ0n) is 17.3. The summed E-state index contributed by atoms with van der Waals surface area (Å²) in [6, 6.07) is 4.99. The van der Waals surface area contributed by atoms with Gasteiger partial charge in [-0.15, -0.1) is 11.3 Å². The molecule has 7 nitrogen and oxygen atoms in total. The number of nitrogens with one attached hydrogen (secondary N) is 1. The molecular weight excluding hydrogens is 481 g/mol. The molecule has 33 heavy (non-hydrogen) atoms. The summed E-state index contributed by atoms with van der Waals surface area (Å²) in [5, 5.41) is 3.18. The molecule has 1 aliphatic rings. The maximum atomic E-state index is 12.7. The first-order chi connectivity index (χ1) is 15.6. The Hall–Kier alpha value is -2.76. The number of aromatic nitrogens is 1. The van der Waals surface area contributed by atoms with Gasteiger partial charge >= 0.3 is 6.18 Å². The molecule has 2 aromatic rings. The Balaban J connectivity index is 1.77. The van der Waals surface area contributed by atoms with Crippen LogP contribution in [0.15, 0.2) is 47.9 Å². The van der Waals surface area contributed by atoms with E-state index in [0.29, 0.717) is 39.9 Å². The largest absolute Gasteiger partial charge is 0.490 e. The van der Waals surface area contributed by atoms with E-state index in [9.17, 15) is 18.0 Å². The maximum absolute atomic E-state index is 12.7. The molecule has 3 rings (SSSR count). The van der Waals surface area contributed by atoms with E-state index in [-0.39, 0.29) is 23.9 Å². The molecule has 1 aromatic heterocycles. The van der Waals surface area contributed by atoms with Crippen molar-refractivity contribution in [3.8, 4) is 16.3 Å². The quantitative estimate of drug-likeness (QED) is 0.493. The Labute approximate surface area is 197 Å². The Morgan fingerprint density at radius 3 is 2.64 bits per heavy atom. The average Bonchev–Trinajstić information content (AvgIpc) is 3.22. The van der Waals surface area contributed by atoms with Gasteiger partial charge in [0, 0.05) is 29.7 Å². The van der Waals surface area contributed by atoms with Crippen molar-refractivity contribution in [3.63, 3.8) is 0 Å². The second-order valence-electron chi connectivity index (χ2n) is 7.19. The molecule has 0 radical (unpaired) electrons. The van der Waals surface area contributed by atoms with Crippen LogP contribution in [-0.4, -0.2) is 42.9 Å². The SMILES string of the molecule is N/C(=C\C=C(/N)C(F)(F)F)CNC(=O)c1cc(OC2CCOCC2)cc(-c2ncc(Cl)s2)c1. The van der Waals surface area contributed by atoms with Crippen LogP contribution in [0.4, 0.5) is 13.2 Å². The molecule has 0 spiro atoms. The fourth-order valence-corrected chi connectivity index (χ4v) is 3.83. The molecule has 178 valence electrons. The van der Waals surface area contributed by atoms with Crippen LogP contribution in [0.2, 0.25) is 4.34 Å². The summed E-state index contributed by atoms with van der Waals surface area (Å²) in [6.07, 6.45) is -0.0892. The number of carbonyl (C=O) groups is 1. The van der Waals surface area contributed by atoms with E-state index in [4.69, 9.17) is 32.5 Å². The summed E-state index contributed by atoms with van der Waals surface area (Å²) in [5.41, 5.74) is 10.2. The Morgan fingerprint density at radius 2 is 2.00 bits per heavy atom. The number of carbonyl (C=O) groups excluding carboxylic acids is 1. The van der Waals surface area contributed by atoms with Crippen molar-refractivity contribution in [2.45, 2.75) is 25.1 Å². The van der Waals surface area contributed by atoms with Gasteiger partial charge in [0.1, 0.15) is 26.9 Å². The highest BCUT2D eigenvalue weighted by Crippen LogP contribution is 2.32. The van der Waals surface area contributed by atoms with Crippen molar-refractivity contribution in [1.82, 2.24) is 10.3 Å². The predicted octanol–water partition coefficient (Wildman–Crippen LogP) is 4.00. The molecular formula is C21H22ClF3N4O3S. The van der Waals surface area contributed by atoms with E-state index in [1.165, 1.54) is 17.5 Å². The van der Waals surface area contributed by atoms with Crippen LogP contribution in [0.3, 0.4) is 0 Å². The number of ether oxygens (including phenoxy) is 2. The molecule has 0 aliphatic carbocycles. The lowest BCUT2D eigenvalue weighted by molar-refractivity contribution is -0.0926. The first-order valence-electron chi connectivity index (χ1n) is 9.90. The third-order valence-corrected chi connectivity index (χ3v) is 5.79. The number of benzene rings is 1. The number of alkyl halides is 3. The standard InChI is InChI=1S/C21H22ClF3N4O3S/c22-18-11-29-20(33-18)13-7-12(8-16(9-13)32-15-3-5-31-6-4-15)19(30)28-10-14(26)1-2-17(27)21(23,24)25/h1-2,7-9,11,15H,3-6,10,26-27H2,(H,28,30)/b14-1-,17-2-. The summed E-state index contributed by atoms with van der Waals surface area (Å²) < 4.78 is 49.3. The van der Waals surface area contributed by atoms with Crippen LogP contribution in [0, 0.1) is 0 Å². The van der Waals surface area contributed by atoms with Gasteiger partial charge in [-0.25, -0.2) is 4.98 Å². The summed E-state index contributed by atoms with van der Waals surface area (Å²) in [5.74, 6) is 0.000670. The minimum atomic E-state index is -4.65. The van der Waals surface area contributed by atoms with E-state index >= 15 is 0 Å². The third-order valence-electron chi connectivity index (χ3n) is 4.62. The van der Waals surface area contributed by atoms with Crippen LogP contribution in [0.5, 0.6) is 5.75 Å². The topological polar surface area (TPSA) is 112 Å². The molecule has 1 aromatic carbocycles. The van der Waals surface area contributed by atoms with Crippen molar-refractivity contribution in [2.75, 3.05) is 19.8 Å². The highest BCUT2D eigenvalue weighted by molar-refractivity contribution is 7.18. The molecule has 1 amide bonds. The van der Waals surface area contributed by atoms with Gasteiger partial charge in [-0.1, -0.05) is 11.6 Å². The lowest BCUT2D eigenvalue weighted by Crippen LogP contribution is -2.28. The second-order valence-corrected chi connectivity index (χ2v) is 8.85. The zero-order chi connectivity index (χ0) is 24.0. The zero-order valence-corrected chi connectivity index (χ0v) is 18.9. The van der Waals surface area contributed by atoms with Crippen molar-refractivity contribution < 1.29 is 27.4 Å². The molecule has 0 saturated carbocycles. The van der Waals surface area contributed by atoms with Crippen LogP contribution in [0.25, 0.3) is 10.6 Å². The first-order valence-corrected chi connectivity index (χ1v) is 11.1. The molecule has 0 atom stereocenters. The van der Waals surface area contributed by atoms with Crippen LogP contribution < -0.4 is 21.5 Å². The lowest BCUT2D eigenvalue weighted by Gasteiger charge is -2.23. The predicted molar refractivity (Wildman–Crippen MR) is 120 cm³/mol. The molecule has 5 N–H and O–H groups in total. The average molecular weight is 503 g/mol. The fourth-order valence-electron chi connectivity index (χ4n) is 2.93. The minimum absolute atomic E-state index is 0.00270. The van der Waals surface area contributed by atoms with Crippen molar-refractivity contribution in [2.24, 2.45) is 11.5 Å². The number of halogens is 4. The van der Waals surface area contributed by atoms with Crippen LogP contribution >= 0.6 is 22.9 Å². The maximum Gasteiger partial charge on any atom is 0.430 e. The molecule has 0 bridgehead atoms. The van der Waals surface area contributed by atoms with E-state index in [1.807, 2.05) is 0 Å². The molecule has 1 aliphatic heterocycles. The summed E-state index contributed by atoms with van der Waals surface area (Å²) in [4.78, 5) is 17.0. The summed E-state index contributed by atoms with van der Waals surface area (Å²) in [6.45, 7) is 1.02. The monoisotopic (exact) mass is 502 g/mol. The highest BCUT2D eigenvalue weighted by Gasteiger charge is 2.30. The molecule has 2 heterocycles. The van der Waals surface area contributed by atoms with Crippen LogP contribution in [-0.2, 0) is 4.74 Å². The smallest absolute Gasteiger partial charge is 0.430 e. The number of hydrogen-bond acceptors (Lipinski definition) is 7.